The molecule has 39 nitrogen and oxygen atoms in total. The third-order valence-electron chi connectivity index (χ3n) is 22.8. The molecule has 3 aromatic rings. The lowest BCUT2D eigenvalue weighted by atomic mass is 9.85. The summed E-state index contributed by atoms with van der Waals surface area (Å²) in [5, 5.41) is 121. The average molecular weight is 1870 g/mol. The van der Waals surface area contributed by atoms with Crippen molar-refractivity contribution in [3.05, 3.63) is 95.6 Å². The van der Waals surface area contributed by atoms with E-state index in [2.05, 4.69) is 37.2 Å². The Morgan fingerprint density at radius 1 is 0.455 bits per heavy atom. The SMILES string of the molecule is CC[C@H](C)[C@H](NC(=O)[C@H](CO)CC(=O)[C@H](Cc1ccc(O)cc1)NC(=O)[C@H](CC(=O)O)CC(=O)[C@H](CO)NC(=O)[C@@H](CC(=O)[C@H](Cc1ccccc1)NC(=O)[C@@H](CC(=O)CNC(=O)[C@H](CCC(=O)O)CC(=O)CSCC(=O)CCCN1C(=O)C[C@H](O)C1=O)[C@@H](C)O)[C@@H](C)O)C(=O)C[C@@H](Cc1ccc(O)cc1)C(=O)N[C@@H](CC(C)C)C(=O)C[C@@H](CC(=O)O)C(=O)N[C@H](C)CCCCN. The number of carboxylic acid groups (broad SMARTS) is 3. The molecule has 9 amide bonds. The molecule has 0 spiro atoms. The van der Waals surface area contributed by atoms with Crippen molar-refractivity contribution in [3.8, 4) is 11.5 Å². The summed E-state index contributed by atoms with van der Waals surface area (Å²) in [5.74, 6) is -31.9. The minimum absolute atomic E-state index is 0.0217. The predicted molar refractivity (Wildman–Crippen MR) is 475 cm³/mol. The van der Waals surface area contributed by atoms with E-state index >= 15 is 0 Å². The topological polar surface area (TPSA) is 657 Å². The molecule has 3 aromatic carbocycles. The van der Waals surface area contributed by atoms with Gasteiger partial charge in [-0.15, -0.1) is 11.8 Å². The normalized spacial score (nSPS) is 16.2. The molecule has 728 valence electrons. The van der Waals surface area contributed by atoms with Crippen LogP contribution in [-0.2, 0) is 115 Å². The second kappa shape index (κ2) is 57.8. The van der Waals surface area contributed by atoms with Crippen LogP contribution in [0.2, 0.25) is 0 Å². The summed E-state index contributed by atoms with van der Waals surface area (Å²) in [7, 11) is 0. The van der Waals surface area contributed by atoms with Crippen molar-refractivity contribution >= 4 is 129 Å². The molecule has 40 heteroatoms. The highest BCUT2D eigenvalue weighted by Crippen LogP contribution is 2.27. The van der Waals surface area contributed by atoms with Gasteiger partial charge in [0, 0.05) is 82.2 Å². The number of Topliss-reactive ketones (excluding diaryl/α,β-unsaturated/α-hetero) is 8. The number of hydrogen-bond acceptors (Lipinski definition) is 29. The van der Waals surface area contributed by atoms with Crippen molar-refractivity contribution in [2.75, 3.05) is 44.4 Å². The van der Waals surface area contributed by atoms with Gasteiger partial charge < -0.3 is 94.0 Å². The van der Waals surface area contributed by atoms with Crippen LogP contribution in [0.15, 0.2) is 78.9 Å². The van der Waals surface area contributed by atoms with Gasteiger partial charge >= 0.3 is 17.9 Å². The number of unbranched alkanes of at least 4 members (excludes halogenated alkanes) is 1. The predicted octanol–water partition coefficient (Wildman–Crippen LogP) is 1.18. The molecule has 0 saturated carbocycles. The van der Waals surface area contributed by atoms with Gasteiger partial charge in [0.2, 0.25) is 47.3 Å². The van der Waals surface area contributed by atoms with E-state index in [9.17, 15) is 147 Å². The maximum absolute atomic E-state index is 14.8. The van der Waals surface area contributed by atoms with E-state index in [0.29, 0.717) is 36.9 Å². The fourth-order valence-electron chi connectivity index (χ4n) is 14.9. The number of nitrogens with one attached hydrogen (secondary N) is 7. The van der Waals surface area contributed by atoms with Crippen LogP contribution < -0.4 is 43.0 Å². The van der Waals surface area contributed by atoms with Crippen molar-refractivity contribution in [1.29, 1.82) is 0 Å². The zero-order valence-electron chi connectivity index (χ0n) is 75.5. The number of phenolic OH excluding ortho intramolecular Hbond substituents is 2. The van der Waals surface area contributed by atoms with Gasteiger partial charge in [-0.05, 0) is 131 Å². The van der Waals surface area contributed by atoms with Crippen molar-refractivity contribution in [2.45, 2.75) is 244 Å². The van der Waals surface area contributed by atoms with E-state index in [4.69, 9.17) is 5.73 Å². The van der Waals surface area contributed by atoms with Crippen molar-refractivity contribution in [1.82, 2.24) is 42.1 Å². The Kier molecular flexibility index (Phi) is 49.4. The molecule has 0 unspecified atom stereocenters. The van der Waals surface area contributed by atoms with Crippen LogP contribution in [0, 0.1) is 53.3 Å². The summed E-state index contributed by atoms with van der Waals surface area (Å²) < 4.78 is 0. The Morgan fingerprint density at radius 2 is 0.924 bits per heavy atom. The Bertz CT molecular complexity index is 4450. The first-order chi connectivity index (χ1) is 62.3. The van der Waals surface area contributed by atoms with Gasteiger partial charge in [0.15, 0.2) is 34.7 Å². The van der Waals surface area contributed by atoms with E-state index in [-0.39, 0.29) is 98.2 Å². The van der Waals surface area contributed by atoms with Crippen molar-refractivity contribution < 1.29 is 147 Å². The molecule has 0 bridgehead atoms. The molecule has 132 heavy (non-hydrogen) atoms. The first-order valence-electron chi connectivity index (χ1n) is 44.2. The second-order valence-corrected chi connectivity index (χ2v) is 35.3. The minimum atomic E-state index is -2.00. The number of benzene rings is 3. The van der Waals surface area contributed by atoms with Gasteiger partial charge in [0.25, 0.3) is 5.91 Å². The molecule has 0 aliphatic carbocycles. The van der Waals surface area contributed by atoms with E-state index in [1.165, 1.54) is 48.5 Å². The lowest BCUT2D eigenvalue weighted by molar-refractivity contribution is -0.143. The Morgan fingerprint density at radius 3 is 1.43 bits per heavy atom. The van der Waals surface area contributed by atoms with Gasteiger partial charge in [-0.3, -0.25) is 101 Å². The lowest BCUT2D eigenvalue weighted by Crippen LogP contribution is -2.52. The molecule has 1 aliphatic rings. The Balaban J connectivity index is 1.52. The lowest BCUT2D eigenvalue weighted by Gasteiger charge is -2.28. The second-order valence-electron chi connectivity index (χ2n) is 34.3. The number of imide groups is 1. The summed E-state index contributed by atoms with van der Waals surface area (Å²) in [4.78, 5) is 272. The molecule has 0 aromatic heterocycles. The monoisotopic (exact) mass is 1870 g/mol. The molecule has 0 radical (unpaired) electrons. The molecular weight excluding hydrogens is 1740 g/mol. The summed E-state index contributed by atoms with van der Waals surface area (Å²) in [6.45, 7) is 7.98. The van der Waals surface area contributed by atoms with Crippen LogP contribution in [0.1, 0.15) is 187 Å². The molecule has 19 N–H and O–H groups in total. The number of amides is 9. The summed E-state index contributed by atoms with van der Waals surface area (Å²) in [6, 6.07) is 10.3. The fourth-order valence-corrected chi connectivity index (χ4v) is 15.7. The molecule has 1 saturated heterocycles. The van der Waals surface area contributed by atoms with Crippen LogP contribution >= 0.6 is 11.8 Å². The number of aromatic hydroxyl groups is 2. The number of carbonyl (C=O) groups is 20. The molecule has 1 fully saturated rings. The number of rotatable bonds is 67. The van der Waals surface area contributed by atoms with Crippen LogP contribution in [-0.4, -0.2) is 272 Å². The summed E-state index contributed by atoms with van der Waals surface area (Å²) >= 11 is 0.900. The summed E-state index contributed by atoms with van der Waals surface area (Å²) in [6.07, 6.45) is -12.2. The van der Waals surface area contributed by atoms with Crippen molar-refractivity contribution in [3.63, 3.8) is 0 Å². The maximum Gasteiger partial charge on any atom is 0.304 e. The number of nitrogens with two attached hydrogens (primary N) is 1. The number of ketones is 8. The number of phenols is 2. The average Bonchev–Trinajstić information content (AvgIpc) is 1.30. The number of aliphatic hydroxyl groups excluding tert-OH is 5. The first kappa shape index (κ1) is 113. The van der Waals surface area contributed by atoms with Crippen LogP contribution in [0.25, 0.3) is 0 Å². The van der Waals surface area contributed by atoms with Crippen LogP contribution in [0.5, 0.6) is 11.5 Å². The summed E-state index contributed by atoms with van der Waals surface area (Å²) in [5.41, 5.74) is 6.75. The molecule has 1 aliphatic heterocycles. The minimum Gasteiger partial charge on any atom is -0.508 e. The number of carboxylic acids is 3. The maximum atomic E-state index is 14.8. The zero-order valence-corrected chi connectivity index (χ0v) is 76.3. The Labute approximate surface area is 769 Å². The number of aliphatic carboxylic acids is 3. The first-order valence-corrected chi connectivity index (χ1v) is 45.4. The molecule has 1 heterocycles. The van der Waals surface area contributed by atoms with Crippen molar-refractivity contribution in [2.24, 2.45) is 59.0 Å². The molecule has 4 rings (SSSR count). The number of likely N-dealkylation sites (tertiary alicyclic amines) is 1. The largest absolute Gasteiger partial charge is 0.508 e. The number of thioether (sulfide) groups is 1. The van der Waals surface area contributed by atoms with E-state index in [1.54, 1.807) is 65.0 Å². The van der Waals surface area contributed by atoms with Crippen LogP contribution in [0.3, 0.4) is 0 Å². The smallest absolute Gasteiger partial charge is 0.304 e. The molecular formula is C92H129N9O30S. The van der Waals surface area contributed by atoms with Gasteiger partial charge in [-0.25, -0.2) is 0 Å². The van der Waals surface area contributed by atoms with Gasteiger partial charge in [-0.1, -0.05) is 95.1 Å². The number of aliphatic hydroxyl groups is 5. The number of nitrogens with zero attached hydrogens (tertiary/aromatic N) is 1. The Hall–Kier alpha value is -11.4. The van der Waals surface area contributed by atoms with E-state index in [0.717, 1.165) is 30.5 Å². The zero-order chi connectivity index (χ0) is 98.8. The van der Waals surface area contributed by atoms with E-state index in [1.807, 2.05) is 0 Å². The van der Waals surface area contributed by atoms with Gasteiger partial charge in [-0.2, -0.15) is 0 Å². The highest BCUT2D eigenvalue weighted by atomic mass is 32.2. The van der Waals surface area contributed by atoms with E-state index < -0.39 is 304 Å². The quantitative estimate of drug-likeness (QED) is 0.0279. The van der Waals surface area contributed by atoms with Crippen LogP contribution in [0.4, 0.5) is 0 Å². The third-order valence-corrected chi connectivity index (χ3v) is 23.8. The third kappa shape index (κ3) is 40.3. The van der Waals surface area contributed by atoms with Gasteiger partial charge in [0.1, 0.15) is 35.2 Å². The fraction of sp³-hybridized carbons (Fsp3) is 0.587. The number of hydrogen-bond donors (Lipinski definition) is 18. The number of carbonyl (C=O) groups excluding carboxylic acids is 17. The standard InChI is InChI=1S/C92H129N9O30S/c1-8-51(4)84(78(115)38-59(32-56-19-24-63(106)25-20-56)87(126)96-70(31-50(2)3)74(111)36-60(40-82(120)121)86(125)95-52(5)15-12-13-29-93)100-89(128)62(46-102)39-75(112)71(34-57-21-26-64(107)27-22-57)97-88(127)61(41-83(122)123)37-76(113)73(47-103)99-91(130)69(54(7)105)43-77(114)72(33-55-16-10-9-11-17-55)98-90(129)68(53(6)104)42-66(109)45-94-85(124)58(23-28-81(118)119)35-67(110)49-132-48-65(108)18-14-30-101-80(117)44-79(116)92(101)131/h9-11,16-17,19-22,24-27,50-54,58-62,68-73,79,84,102-107,116H,8,12-15,18,23,28-49,93H2,1-7H3,(H,94,124)(H,95,125)(H,96,126)(H,97,127)(H,98,129)(H,99,130)(H,100,128)(H,118,119)(H,120,121)(H,122,123)/t51-,52+,53+,54+,58+,59+,60-,61-,62-,68-,69-,70-,71-,72-,73-,79-,84-/m0/s1. The van der Waals surface area contributed by atoms with Gasteiger partial charge in [0.05, 0.1) is 116 Å². The highest BCUT2D eigenvalue weighted by Gasteiger charge is 2.42. The molecule has 17 atom stereocenters. The highest BCUT2D eigenvalue weighted by molar-refractivity contribution is 8.00.